The molecule has 186 valence electrons. The number of hydrogen-bond donors (Lipinski definition) is 1. The number of ether oxygens (including phenoxy) is 2. The summed E-state index contributed by atoms with van der Waals surface area (Å²) in [6, 6.07) is 12.7. The third-order valence-electron chi connectivity index (χ3n) is 8.33. The smallest absolute Gasteiger partial charge is 0.260 e. The van der Waals surface area contributed by atoms with Crippen LogP contribution in [-0.2, 0) is 9.53 Å². The summed E-state index contributed by atoms with van der Waals surface area (Å²) in [7, 11) is 0. The van der Waals surface area contributed by atoms with Crippen LogP contribution in [0.1, 0.15) is 56.6 Å². The summed E-state index contributed by atoms with van der Waals surface area (Å²) >= 11 is 0. The Bertz CT molecular complexity index is 997. The van der Waals surface area contributed by atoms with Crippen LogP contribution in [0.4, 0.5) is 5.69 Å². The van der Waals surface area contributed by atoms with Gasteiger partial charge in [0, 0.05) is 25.3 Å². The van der Waals surface area contributed by atoms with Crippen molar-refractivity contribution < 1.29 is 14.3 Å². The third-order valence-corrected chi connectivity index (χ3v) is 8.33. The topological polar surface area (TPSA) is 66.9 Å². The number of rotatable bonds is 5. The fourth-order valence-corrected chi connectivity index (χ4v) is 5.97. The minimum Gasteiger partial charge on any atom is -0.490 e. The number of nitrogens with one attached hydrogen (secondary N) is 1. The molecule has 1 saturated carbocycles. The normalized spacial score (nSPS) is 26.0. The van der Waals surface area contributed by atoms with Gasteiger partial charge in [0.05, 0.1) is 24.0 Å². The highest BCUT2D eigenvalue weighted by Crippen LogP contribution is 2.39. The average Bonchev–Trinajstić information content (AvgIpc) is 2.87. The van der Waals surface area contributed by atoms with Gasteiger partial charge in [0.25, 0.3) is 5.91 Å². The molecule has 1 spiro atoms. The van der Waals surface area contributed by atoms with Gasteiger partial charge >= 0.3 is 0 Å². The van der Waals surface area contributed by atoms with Crippen molar-refractivity contribution in [2.45, 2.75) is 68.8 Å². The quantitative estimate of drug-likeness (QED) is 0.710. The van der Waals surface area contributed by atoms with E-state index in [0.29, 0.717) is 6.54 Å². The lowest BCUT2D eigenvalue weighted by atomic mass is 9.88. The standard InChI is InChI=1S/C28H36N4O3/c33-27-26(35-28(12-15-29-16-13-28)20-32(27)23-5-2-14-30-19-23)21-6-8-24(9-7-21)34-25-10-17-31(18-11-25)22-3-1-4-22/h2,5-9,14,19,22,25-26,29H,1,3-4,10-13,15-18,20H2. The molecule has 1 amide bonds. The molecule has 1 aliphatic carbocycles. The maximum Gasteiger partial charge on any atom is 0.260 e. The second-order valence-electron chi connectivity index (χ2n) is 10.6. The number of amides is 1. The predicted octanol–water partition coefficient (Wildman–Crippen LogP) is 3.70. The largest absolute Gasteiger partial charge is 0.490 e. The summed E-state index contributed by atoms with van der Waals surface area (Å²) in [5.74, 6) is 0.846. The molecule has 35 heavy (non-hydrogen) atoms. The van der Waals surface area contributed by atoms with E-state index in [-0.39, 0.29) is 17.6 Å². The Labute approximate surface area is 207 Å². The lowest BCUT2D eigenvalue weighted by molar-refractivity contribution is -0.161. The van der Waals surface area contributed by atoms with Crippen molar-refractivity contribution in [1.82, 2.24) is 15.2 Å². The molecule has 0 radical (unpaired) electrons. The maximum absolute atomic E-state index is 13.6. The molecule has 1 N–H and O–H groups in total. The van der Waals surface area contributed by atoms with E-state index in [9.17, 15) is 4.79 Å². The number of likely N-dealkylation sites (tertiary alicyclic amines) is 1. The Morgan fingerprint density at radius 3 is 2.46 bits per heavy atom. The fraction of sp³-hybridized carbons (Fsp3) is 0.571. The molecular formula is C28H36N4O3. The van der Waals surface area contributed by atoms with Crippen molar-refractivity contribution in [2.75, 3.05) is 37.6 Å². The van der Waals surface area contributed by atoms with E-state index >= 15 is 0 Å². The second-order valence-corrected chi connectivity index (χ2v) is 10.6. The van der Waals surface area contributed by atoms with Crippen LogP contribution in [0.5, 0.6) is 5.75 Å². The summed E-state index contributed by atoms with van der Waals surface area (Å²) in [4.78, 5) is 22.3. The minimum atomic E-state index is -0.623. The van der Waals surface area contributed by atoms with Crippen LogP contribution in [0.15, 0.2) is 48.8 Å². The van der Waals surface area contributed by atoms with Gasteiger partial charge in [-0.3, -0.25) is 9.78 Å². The summed E-state index contributed by atoms with van der Waals surface area (Å²) in [6.07, 6.45) is 11.2. The SMILES string of the molecule is O=C1C(c2ccc(OC3CCN(C4CCC4)CC3)cc2)OC2(CCNCC2)CN1c1cccnc1. The van der Waals surface area contributed by atoms with Crippen molar-refractivity contribution in [3.63, 3.8) is 0 Å². The molecular weight excluding hydrogens is 440 g/mol. The highest BCUT2D eigenvalue weighted by atomic mass is 16.5. The van der Waals surface area contributed by atoms with Gasteiger partial charge in [-0.15, -0.1) is 0 Å². The Balaban J connectivity index is 1.16. The lowest BCUT2D eigenvalue weighted by Gasteiger charge is -2.47. The highest BCUT2D eigenvalue weighted by molar-refractivity contribution is 5.98. The van der Waals surface area contributed by atoms with E-state index in [0.717, 1.165) is 74.9 Å². The Hall–Kier alpha value is -2.48. The number of piperidine rings is 2. The number of morpholine rings is 1. The molecule has 7 heteroatoms. The van der Waals surface area contributed by atoms with Gasteiger partial charge in [-0.1, -0.05) is 18.6 Å². The van der Waals surface area contributed by atoms with Crippen molar-refractivity contribution in [2.24, 2.45) is 0 Å². The summed E-state index contributed by atoms with van der Waals surface area (Å²) in [6.45, 7) is 4.64. The number of carbonyl (C=O) groups is 1. The molecule has 1 aromatic carbocycles. The highest BCUT2D eigenvalue weighted by Gasteiger charge is 2.46. The van der Waals surface area contributed by atoms with Crippen molar-refractivity contribution in [1.29, 1.82) is 0 Å². The summed E-state index contributed by atoms with van der Waals surface area (Å²) in [5.41, 5.74) is 1.37. The van der Waals surface area contributed by atoms with Gasteiger partial charge in [-0.2, -0.15) is 0 Å². The van der Waals surface area contributed by atoms with Gasteiger partial charge in [0.1, 0.15) is 11.9 Å². The molecule has 0 bridgehead atoms. The number of nitrogens with zero attached hydrogens (tertiary/aromatic N) is 3. The van der Waals surface area contributed by atoms with Crippen LogP contribution in [0.2, 0.25) is 0 Å². The van der Waals surface area contributed by atoms with Crippen LogP contribution in [0.3, 0.4) is 0 Å². The Morgan fingerprint density at radius 1 is 1.03 bits per heavy atom. The van der Waals surface area contributed by atoms with E-state index in [1.54, 1.807) is 12.4 Å². The first-order valence-electron chi connectivity index (χ1n) is 13.3. The number of aromatic nitrogens is 1. The number of anilines is 1. The van der Waals surface area contributed by atoms with Crippen molar-refractivity contribution in [3.8, 4) is 5.75 Å². The van der Waals surface area contributed by atoms with Crippen LogP contribution < -0.4 is 15.0 Å². The van der Waals surface area contributed by atoms with E-state index in [2.05, 4.69) is 15.2 Å². The van der Waals surface area contributed by atoms with Crippen LogP contribution in [0.25, 0.3) is 0 Å². The van der Waals surface area contributed by atoms with Crippen LogP contribution >= 0.6 is 0 Å². The predicted molar refractivity (Wildman–Crippen MR) is 135 cm³/mol. The van der Waals surface area contributed by atoms with Crippen LogP contribution in [-0.4, -0.2) is 66.3 Å². The van der Waals surface area contributed by atoms with Crippen LogP contribution in [0, 0.1) is 0 Å². The maximum atomic E-state index is 13.6. The Morgan fingerprint density at radius 2 is 1.80 bits per heavy atom. The zero-order chi connectivity index (χ0) is 23.7. The molecule has 3 aliphatic heterocycles. The molecule has 3 saturated heterocycles. The monoisotopic (exact) mass is 476 g/mol. The lowest BCUT2D eigenvalue weighted by Crippen LogP contribution is -2.59. The fourth-order valence-electron chi connectivity index (χ4n) is 5.97. The zero-order valence-corrected chi connectivity index (χ0v) is 20.4. The first-order chi connectivity index (χ1) is 17.2. The number of pyridine rings is 1. The molecule has 4 fully saturated rings. The van der Waals surface area contributed by atoms with E-state index < -0.39 is 6.10 Å². The van der Waals surface area contributed by atoms with Crippen molar-refractivity contribution >= 4 is 11.6 Å². The third kappa shape index (κ3) is 4.82. The van der Waals surface area contributed by atoms with E-state index in [4.69, 9.17) is 9.47 Å². The molecule has 6 rings (SSSR count). The molecule has 4 aliphatic rings. The van der Waals surface area contributed by atoms with E-state index in [1.165, 1.54) is 19.3 Å². The first-order valence-corrected chi connectivity index (χ1v) is 13.3. The van der Waals surface area contributed by atoms with Gasteiger partial charge < -0.3 is 24.6 Å². The molecule has 7 nitrogen and oxygen atoms in total. The molecule has 1 aromatic heterocycles. The molecule has 1 unspecified atom stereocenters. The summed E-state index contributed by atoms with van der Waals surface area (Å²) in [5, 5.41) is 3.42. The summed E-state index contributed by atoms with van der Waals surface area (Å²) < 4.78 is 12.9. The molecule has 4 heterocycles. The van der Waals surface area contributed by atoms with Gasteiger partial charge in [0.15, 0.2) is 6.10 Å². The van der Waals surface area contributed by atoms with Gasteiger partial charge in [-0.05, 0) is 81.4 Å². The molecule has 1 atom stereocenters. The second kappa shape index (κ2) is 9.88. The minimum absolute atomic E-state index is 0.0285. The number of carbonyl (C=O) groups excluding carboxylic acids is 1. The Kier molecular flexibility index (Phi) is 6.48. The van der Waals surface area contributed by atoms with Gasteiger partial charge in [-0.25, -0.2) is 0 Å². The number of hydrogen-bond acceptors (Lipinski definition) is 6. The average molecular weight is 477 g/mol. The first kappa shape index (κ1) is 23.0. The molecule has 2 aromatic rings. The van der Waals surface area contributed by atoms with E-state index in [1.807, 2.05) is 41.3 Å². The van der Waals surface area contributed by atoms with Crippen molar-refractivity contribution in [3.05, 3.63) is 54.4 Å². The zero-order valence-electron chi connectivity index (χ0n) is 20.4. The van der Waals surface area contributed by atoms with Gasteiger partial charge in [0.2, 0.25) is 0 Å². The number of benzene rings is 1.